The topological polar surface area (TPSA) is 0 Å². The van der Waals surface area contributed by atoms with Crippen molar-refractivity contribution in [1.29, 1.82) is 0 Å². The molecular formula is C32H26. The molecule has 0 atom stereocenters. The van der Waals surface area contributed by atoms with Gasteiger partial charge in [-0.2, -0.15) is 0 Å². The lowest BCUT2D eigenvalue weighted by Crippen LogP contribution is -2.11. The van der Waals surface area contributed by atoms with Gasteiger partial charge >= 0.3 is 0 Å². The Morgan fingerprint density at radius 1 is 0.406 bits per heavy atom. The van der Waals surface area contributed by atoms with Gasteiger partial charge in [0, 0.05) is 0 Å². The molecule has 0 aliphatic heterocycles. The van der Waals surface area contributed by atoms with E-state index in [0.717, 1.165) is 0 Å². The second kappa shape index (κ2) is 6.93. The second-order valence-electron chi connectivity index (χ2n) is 9.81. The van der Waals surface area contributed by atoms with Crippen LogP contribution in [0.4, 0.5) is 0 Å². The first-order valence-corrected chi connectivity index (χ1v) is 11.4. The van der Waals surface area contributed by atoms with Gasteiger partial charge in [0.1, 0.15) is 0 Å². The smallest absolute Gasteiger partial charge is 0.00926 e. The van der Waals surface area contributed by atoms with Gasteiger partial charge in [-0.15, -0.1) is 0 Å². The highest BCUT2D eigenvalue weighted by Gasteiger charge is 2.19. The van der Waals surface area contributed by atoms with E-state index in [4.69, 9.17) is 0 Å². The van der Waals surface area contributed by atoms with E-state index in [-0.39, 0.29) is 5.41 Å². The Bertz CT molecular complexity index is 1640. The van der Waals surface area contributed by atoms with Crippen LogP contribution in [0.5, 0.6) is 0 Å². The third-order valence-electron chi connectivity index (χ3n) is 6.79. The monoisotopic (exact) mass is 410 g/mol. The fraction of sp³-hybridized carbons (Fsp3) is 0.125. The lowest BCUT2D eigenvalue weighted by molar-refractivity contribution is 0.596. The quantitative estimate of drug-likeness (QED) is 0.237. The maximum atomic E-state index is 2.42. The van der Waals surface area contributed by atoms with E-state index in [2.05, 4.69) is 124 Å². The van der Waals surface area contributed by atoms with Gasteiger partial charge in [-0.3, -0.25) is 0 Å². The van der Waals surface area contributed by atoms with Crippen LogP contribution in [0.3, 0.4) is 0 Å². The lowest BCUT2D eigenvalue weighted by Gasteiger charge is -2.23. The van der Waals surface area contributed by atoms with Gasteiger partial charge in [0.05, 0.1) is 0 Å². The Hall–Kier alpha value is -3.64. The maximum Gasteiger partial charge on any atom is -0.00926 e. The standard InChI is InChI=1S/C32H26/c1-32(2,3)31-19-18-27(24-13-8-9-15-28(24)31)30-20-29-22-11-5-4-10-21(22)16-17-26(29)23-12-6-7-14-25(23)30/h4-20H,1-3H3. The molecule has 0 aromatic heterocycles. The Morgan fingerprint density at radius 2 is 0.969 bits per heavy atom. The van der Waals surface area contributed by atoms with Crippen LogP contribution < -0.4 is 0 Å². The number of hydrogen-bond donors (Lipinski definition) is 0. The molecule has 0 nitrogen and oxygen atoms in total. The summed E-state index contributed by atoms with van der Waals surface area (Å²) >= 11 is 0. The fourth-order valence-electron chi connectivity index (χ4n) is 5.27. The molecule has 0 aliphatic carbocycles. The Kier molecular flexibility index (Phi) is 4.13. The molecule has 0 spiro atoms. The van der Waals surface area contributed by atoms with Crippen LogP contribution in [0.25, 0.3) is 54.2 Å². The summed E-state index contributed by atoms with van der Waals surface area (Å²) in [5, 5.41) is 10.5. The van der Waals surface area contributed by atoms with Crippen molar-refractivity contribution in [3.8, 4) is 11.1 Å². The molecule has 0 amide bonds. The van der Waals surface area contributed by atoms with Crippen molar-refractivity contribution in [2.75, 3.05) is 0 Å². The van der Waals surface area contributed by atoms with Gasteiger partial charge in [-0.25, -0.2) is 0 Å². The Morgan fingerprint density at radius 3 is 1.69 bits per heavy atom. The molecule has 0 unspecified atom stereocenters. The minimum atomic E-state index is 0.0970. The highest BCUT2D eigenvalue weighted by Crippen LogP contribution is 2.42. The molecule has 0 heteroatoms. The van der Waals surface area contributed by atoms with E-state index in [9.17, 15) is 0 Å². The summed E-state index contributed by atoms with van der Waals surface area (Å²) in [6.45, 7) is 6.89. The lowest BCUT2D eigenvalue weighted by atomic mass is 9.81. The summed E-state index contributed by atoms with van der Waals surface area (Å²) in [6.07, 6.45) is 0. The van der Waals surface area contributed by atoms with E-state index in [1.807, 2.05) is 0 Å². The zero-order chi connectivity index (χ0) is 21.9. The summed E-state index contributed by atoms with van der Waals surface area (Å²) in [5.74, 6) is 0. The van der Waals surface area contributed by atoms with Crippen molar-refractivity contribution < 1.29 is 0 Å². The van der Waals surface area contributed by atoms with Gasteiger partial charge in [-0.1, -0.05) is 118 Å². The zero-order valence-electron chi connectivity index (χ0n) is 18.8. The molecule has 0 saturated carbocycles. The van der Waals surface area contributed by atoms with Crippen LogP contribution in [0.1, 0.15) is 26.3 Å². The minimum absolute atomic E-state index is 0.0970. The van der Waals surface area contributed by atoms with Gasteiger partial charge in [0.25, 0.3) is 0 Å². The number of rotatable bonds is 1. The van der Waals surface area contributed by atoms with Crippen LogP contribution in [0, 0.1) is 0 Å². The number of hydrogen-bond acceptors (Lipinski definition) is 0. The van der Waals surface area contributed by atoms with Crippen molar-refractivity contribution >= 4 is 43.1 Å². The zero-order valence-corrected chi connectivity index (χ0v) is 18.8. The molecule has 0 aliphatic rings. The maximum absolute atomic E-state index is 2.42. The van der Waals surface area contributed by atoms with Crippen molar-refractivity contribution in [1.82, 2.24) is 0 Å². The van der Waals surface area contributed by atoms with Gasteiger partial charge in [0.2, 0.25) is 0 Å². The summed E-state index contributed by atoms with van der Waals surface area (Å²) in [4.78, 5) is 0. The summed E-state index contributed by atoms with van der Waals surface area (Å²) in [7, 11) is 0. The molecule has 6 aromatic rings. The average molecular weight is 411 g/mol. The molecule has 6 rings (SSSR count). The molecule has 6 aromatic carbocycles. The predicted molar refractivity (Wildman–Crippen MR) is 141 cm³/mol. The Balaban J connectivity index is 1.79. The third kappa shape index (κ3) is 2.83. The molecular weight excluding hydrogens is 384 g/mol. The van der Waals surface area contributed by atoms with Crippen molar-refractivity contribution in [3.05, 3.63) is 109 Å². The van der Waals surface area contributed by atoms with Gasteiger partial charge in [0.15, 0.2) is 0 Å². The SMILES string of the molecule is CC(C)(C)c1ccc(-c2cc3c4ccccc4ccc3c3ccccc23)c2ccccc12. The van der Waals surface area contributed by atoms with Crippen LogP contribution >= 0.6 is 0 Å². The molecule has 0 radical (unpaired) electrons. The van der Waals surface area contributed by atoms with E-state index in [1.165, 1.54) is 59.8 Å². The van der Waals surface area contributed by atoms with E-state index >= 15 is 0 Å². The average Bonchev–Trinajstić information content (AvgIpc) is 2.82. The highest BCUT2D eigenvalue weighted by molar-refractivity contribution is 6.22. The first-order valence-electron chi connectivity index (χ1n) is 11.4. The number of fused-ring (bicyclic) bond motifs is 6. The van der Waals surface area contributed by atoms with Gasteiger partial charge in [-0.05, 0) is 71.3 Å². The third-order valence-corrected chi connectivity index (χ3v) is 6.79. The van der Waals surface area contributed by atoms with E-state index in [1.54, 1.807) is 0 Å². The van der Waals surface area contributed by atoms with E-state index < -0.39 is 0 Å². The molecule has 32 heavy (non-hydrogen) atoms. The fourth-order valence-corrected chi connectivity index (χ4v) is 5.27. The van der Waals surface area contributed by atoms with Crippen LogP contribution in [0.15, 0.2) is 103 Å². The van der Waals surface area contributed by atoms with Crippen LogP contribution in [-0.2, 0) is 5.41 Å². The molecule has 0 saturated heterocycles. The van der Waals surface area contributed by atoms with Crippen LogP contribution in [0.2, 0.25) is 0 Å². The highest BCUT2D eigenvalue weighted by atomic mass is 14.2. The van der Waals surface area contributed by atoms with Gasteiger partial charge < -0.3 is 0 Å². The van der Waals surface area contributed by atoms with Crippen molar-refractivity contribution in [2.45, 2.75) is 26.2 Å². The van der Waals surface area contributed by atoms with Crippen molar-refractivity contribution in [3.63, 3.8) is 0 Å². The number of benzene rings is 6. The summed E-state index contributed by atoms with van der Waals surface area (Å²) in [5.41, 5.74) is 4.10. The summed E-state index contributed by atoms with van der Waals surface area (Å²) < 4.78 is 0. The first-order chi connectivity index (χ1) is 15.5. The Labute approximate surface area is 189 Å². The minimum Gasteiger partial charge on any atom is -0.0616 e. The normalized spacial score (nSPS) is 12.2. The largest absolute Gasteiger partial charge is 0.0616 e. The summed E-state index contributed by atoms with van der Waals surface area (Å²) in [6, 6.07) is 38.1. The molecule has 0 bridgehead atoms. The van der Waals surface area contributed by atoms with Crippen molar-refractivity contribution in [2.24, 2.45) is 0 Å². The first kappa shape index (κ1) is 19.1. The molecule has 0 N–H and O–H groups in total. The predicted octanol–water partition coefficient (Wildman–Crippen LogP) is 9.26. The van der Waals surface area contributed by atoms with E-state index in [0.29, 0.717) is 0 Å². The van der Waals surface area contributed by atoms with Crippen LogP contribution in [-0.4, -0.2) is 0 Å². The second-order valence-corrected chi connectivity index (χ2v) is 9.81. The molecule has 0 heterocycles. The molecule has 154 valence electrons. The molecule has 0 fully saturated rings.